The highest BCUT2D eigenvalue weighted by atomic mass is 16.3. The summed E-state index contributed by atoms with van der Waals surface area (Å²) >= 11 is 0. The summed E-state index contributed by atoms with van der Waals surface area (Å²) in [6, 6.07) is 0.444. The second-order valence-corrected chi connectivity index (χ2v) is 5.00. The van der Waals surface area contributed by atoms with Gasteiger partial charge in [-0.25, -0.2) is 4.79 Å². The summed E-state index contributed by atoms with van der Waals surface area (Å²) in [4.78, 5) is 11.5. The molecule has 0 aromatic rings. The van der Waals surface area contributed by atoms with Crippen LogP contribution in [0.25, 0.3) is 0 Å². The van der Waals surface area contributed by atoms with Crippen molar-refractivity contribution in [2.45, 2.75) is 58.0 Å². The van der Waals surface area contributed by atoms with Gasteiger partial charge in [0.25, 0.3) is 0 Å². The van der Waals surface area contributed by atoms with Crippen LogP contribution in [0.3, 0.4) is 0 Å². The Morgan fingerprint density at radius 1 is 1.31 bits per heavy atom. The SMILES string of the molecule is CC(C)NC(=O)NC1CCC(CCO)CC1. The molecule has 2 amide bonds. The fourth-order valence-electron chi connectivity index (χ4n) is 2.27. The van der Waals surface area contributed by atoms with Gasteiger partial charge in [0.2, 0.25) is 0 Å². The summed E-state index contributed by atoms with van der Waals surface area (Å²) in [6.07, 6.45) is 5.22. The molecule has 1 aliphatic rings. The Labute approximate surface area is 97.8 Å². The van der Waals surface area contributed by atoms with Gasteiger partial charge in [0.1, 0.15) is 0 Å². The summed E-state index contributed by atoms with van der Waals surface area (Å²) in [7, 11) is 0. The molecular formula is C12H24N2O2. The molecule has 0 unspecified atom stereocenters. The van der Waals surface area contributed by atoms with E-state index < -0.39 is 0 Å². The van der Waals surface area contributed by atoms with E-state index in [0.29, 0.717) is 12.0 Å². The molecule has 0 aromatic carbocycles. The summed E-state index contributed by atoms with van der Waals surface area (Å²) in [5.74, 6) is 0.649. The van der Waals surface area contributed by atoms with Gasteiger partial charge in [-0.2, -0.15) is 0 Å². The molecule has 0 aliphatic heterocycles. The van der Waals surface area contributed by atoms with Crippen molar-refractivity contribution in [2.75, 3.05) is 6.61 Å². The monoisotopic (exact) mass is 228 g/mol. The Morgan fingerprint density at radius 2 is 1.94 bits per heavy atom. The number of hydrogen-bond acceptors (Lipinski definition) is 2. The Morgan fingerprint density at radius 3 is 2.44 bits per heavy atom. The van der Waals surface area contributed by atoms with Gasteiger partial charge in [0, 0.05) is 18.7 Å². The molecule has 1 saturated carbocycles. The Bertz CT molecular complexity index is 211. The first-order valence-corrected chi connectivity index (χ1v) is 6.29. The summed E-state index contributed by atoms with van der Waals surface area (Å²) < 4.78 is 0. The lowest BCUT2D eigenvalue weighted by Gasteiger charge is -2.29. The standard InChI is InChI=1S/C12H24N2O2/c1-9(2)13-12(16)14-11-5-3-10(4-6-11)7-8-15/h9-11,15H,3-8H2,1-2H3,(H2,13,14,16). The van der Waals surface area contributed by atoms with E-state index in [1.807, 2.05) is 13.8 Å². The molecule has 4 heteroatoms. The summed E-state index contributed by atoms with van der Waals surface area (Å²) in [6.45, 7) is 4.20. The number of carbonyl (C=O) groups excluding carboxylic acids is 1. The molecule has 0 atom stereocenters. The van der Waals surface area contributed by atoms with Crippen LogP contribution in [0.15, 0.2) is 0 Å². The number of nitrogens with one attached hydrogen (secondary N) is 2. The van der Waals surface area contributed by atoms with Crippen molar-refractivity contribution in [2.24, 2.45) is 5.92 Å². The highest BCUT2D eigenvalue weighted by Crippen LogP contribution is 2.26. The predicted molar refractivity (Wildman–Crippen MR) is 64.3 cm³/mol. The molecule has 0 radical (unpaired) electrons. The molecule has 3 N–H and O–H groups in total. The summed E-state index contributed by atoms with van der Waals surface area (Å²) in [5.41, 5.74) is 0. The van der Waals surface area contributed by atoms with Crippen molar-refractivity contribution in [3.63, 3.8) is 0 Å². The predicted octanol–water partition coefficient (Wildman–Crippen LogP) is 1.64. The fraction of sp³-hybridized carbons (Fsp3) is 0.917. The molecule has 0 saturated heterocycles. The van der Waals surface area contributed by atoms with Crippen LogP contribution >= 0.6 is 0 Å². The van der Waals surface area contributed by atoms with E-state index in [2.05, 4.69) is 10.6 Å². The van der Waals surface area contributed by atoms with Crippen LogP contribution in [0.1, 0.15) is 46.0 Å². The number of urea groups is 1. The number of amides is 2. The lowest BCUT2D eigenvalue weighted by atomic mass is 9.84. The third-order valence-electron chi connectivity index (χ3n) is 3.14. The van der Waals surface area contributed by atoms with Gasteiger partial charge in [-0.3, -0.25) is 0 Å². The smallest absolute Gasteiger partial charge is 0.315 e. The van der Waals surface area contributed by atoms with Crippen LogP contribution in [0, 0.1) is 5.92 Å². The van der Waals surface area contributed by atoms with Gasteiger partial charge >= 0.3 is 6.03 Å². The highest BCUT2D eigenvalue weighted by Gasteiger charge is 2.21. The maximum absolute atomic E-state index is 11.5. The third kappa shape index (κ3) is 4.84. The average Bonchev–Trinajstić information content (AvgIpc) is 2.20. The fourth-order valence-corrected chi connectivity index (χ4v) is 2.27. The molecule has 0 spiro atoms. The van der Waals surface area contributed by atoms with Gasteiger partial charge in [0.15, 0.2) is 0 Å². The van der Waals surface area contributed by atoms with Crippen molar-refractivity contribution >= 4 is 6.03 Å². The molecule has 1 rings (SSSR count). The molecule has 1 aliphatic carbocycles. The molecule has 94 valence electrons. The average molecular weight is 228 g/mol. The normalized spacial score (nSPS) is 25.5. The van der Waals surface area contributed by atoms with Gasteiger partial charge in [-0.1, -0.05) is 0 Å². The minimum Gasteiger partial charge on any atom is -0.396 e. The Kier molecular flexibility index (Phi) is 5.60. The molecule has 1 fully saturated rings. The lowest BCUT2D eigenvalue weighted by Crippen LogP contribution is -2.45. The van der Waals surface area contributed by atoms with Crippen LogP contribution in [-0.4, -0.2) is 29.8 Å². The van der Waals surface area contributed by atoms with Gasteiger partial charge in [-0.05, 0) is 51.9 Å². The van der Waals surface area contributed by atoms with Gasteiger partial charge in [0.05, 0.1) is 0 Å². The maximum Gasteiger partial charge on any atom is 0.315 e. The minimum absolute atomic E-state index is 0.0550. The van der Waals surface area contributed by atoms with E-state index in [9.17, 15) is 4.79 Å². The largest absolute Gasteiger partial charge is 0.396 e. The molecular weight excluding hydrogens is 204 g/mol. The van der Waals surface area contributed by atoms with E-state index in [1.54, 1.807) is 0 Å². The first kappa shape index (κ1) is 13.3. The first-order valence-electron chi connectivity index (χ1n) is 6.29. The number of rotatable bonds is 4. The Hall–Kier alpha value is -0.770. The lowest BCUT2D eigenvalue weighted by molar-refractivity contribution is 0.205. The van der Waals surface area contributed by atoms with Crippen molar-refractivity contribution in [1.29, 1.82) is 0 Å². The number of hydrogen-bond donors (Lipinski definition) is 3. The van der Waals surface area contributed by atoms with Crippen molar-refractivity contribution in [3.8, 4) is 0 Å². The van der Waals surface area contributed by atoms with Crippen LogP contribution in [-0.2, 0) is 0 Å². The zero-order chi connectivity index (χ0) is 12.0. The van der Waals surface area contributed by atoms with E-state index in [0.717, 1.165) is 32.1 Å². The second kappa shape index (κ2) is 6.74. The van der Waals surface area contributed by atoms with Gasteiger partial charge in [-0.15, -0.1) is 0 Å². The molecule has 0 aromatic heterocycles. The van der Waals surface area contributed by atoms with E-state index in [-0.39, 0.29) is 18.7 Å². The van der Waals surface area contributed by atoms with E-state index in [1.165, 1.54) is 0 Å². The molecule has 0 heterocycles. The zero-order valence-electron chi connectivity index (χ0n) is 10.3. The highest BCUT2D eigenvalue weighted by molar-refractivity contribution is 5.74. The number of aliphatic hydroxyl groups is 1. The molecule has 0 bridgehead atoms. The number of carbonyl (C=O) groups is 1. The van der Waals surface area contributed by atoms with Crippen molar-refractivity contribution in [1.82, 2.24) is 10.6 Å². The zero-order valence-corrected chi connectivity index (χ0v) is 10.3. The maximum atomic E-state index is 11.5. The van der Waals surface area contributed by atoms with Crippen LogP contribution in [0.4, 0.5) is 4.79 Å². The van der Waals surface area contributed by atoms with Crippen molar-refractivity contribution in [3.05, 3.63) is 0 Å². The van der Waals surface area contributed by atoms with Crippen LogP contribution in [0.5, 0.6) is 0 Å². The first-order chi connectivity index (χ1) is 7.61. The van der Waals surface area contributed by atoms with E-state index in [4.69, 9.17) is 5.11 Å². The van der Waals surface area contributed by atoms with E-state index >= 15 is 0 Å². The van der Waals surface area contributed by atoms with Crippen LogP contribution < -0.4 is 10.6 Å². The topological polar surface area (TPSA) is 61.4 Å². The number of aliphatic hydroxyl groups excluding tert-OH is 1. The van der Waals surface area contributed by atoms with Crippen molar-refractivity contribution < 1.29 is 9.90 Å². The molecule has 16 heavy (non-hydrogen) atoms. The van der Waals surface area contributed by atoms with Crippen LogP contribution in [0.2, 0.25) is 0 Å². The third-order valence-corrected chi connectivity index (χ3v) is 3.14. The quantitative estimate of drug-likeness (QED) is 0.685. The second-order valence-electron chi connectivity index (χ2n) is 5.00. The van der Waals surface area contributed by atoms with Gasteiger partial charge < -0.3 is 15.7 Å². The summed E-state index contributed by atoms with van der Waals surface area (Å²) in [5, 5.41) is 14.7. The molecule has 4 nitrogen and oxygen atoms in total. The Balaban J connectivity index is 2.19. The minimum atomic E-state index is -0.0550.